The summed E-state index contributed by atoms with van der Waals surface area (Å²) in [5.74, 6) is 0.738. The molecule has 1 rings (SSSR count). The third-order valence-corrected chi connectivity index (χ3v) is 1.64. The number of aromatic nitrogens is 1. The molecular weight excluding hydrogens is 168 g/mol. The lowest BCUT2D eigenvalue weighted by Crippen LogP contribution is -2.07. The average molecular weight is 182 g/mol. The Morgan fingerprint density at radius 2 is 2.31 bits per heavy atom. The molecule has 0 unspecified atom stereocenters. The van der Waals surface area contributed by atoms with Gasteiger partial charge in [-0.05, 0) is 6.07 Å². The molecule has 0 radical (unpaired) electrons. The largest absolute Gasteiger partial charge is 0.489 e. The van der Waals surface area contributed by atoms with Crippen LogP contribution in [0.15, 0.2) is 18.5 Å². The van der Waals surface area contributed by atoms with Gasteiger partial charge in [-0.3, -0.25) is 4.98 Å². The third kappa shape index (κ3) is 3.01. The molecule has 1 heterocycles. The maximum atomic E-state index is 5.52. The van der Waals surface area contributed by atoms with E-state index in [0.717, 1.165) is 11.3 Å². The Balaban J connectivity index is 2.54. The lowest BCUT2D eigenvalue weighted by molar-refractivity contribution is 0.145. The minimum atomic E-state index is 0.463. The molecule has 4 nitrogen and oxygen atoms in total. The molecule has 2 N–H and O–H groups in total. The highest BCUT2D eigenvalue weighted by atomic mass is 16.5. The Bertz CT molecular complexity index is 253. The Morgan fingerprint density at radius 1 is 1.46 bits per heavy atom. The fourth-order valence-corrected chi connectivity index (χ4v) is 0.942. The predicted molar refractivity (Wildman–Crippen MR) is 49.5 cm³/mol. The van der Waals surface area contributed by atoms with Crippen molar-refractivity contribution in [2.24, 2.45) is 5.73 Å². The topological polar surface area (TPSA) is 57.4 Å². The summed E-state index contributed by atoms with van der Waals surface area (Å²) in [7, 11) is 1.64. The summed E-state index contributed by atoms with van der Waals surface area (Å²) >= 11 is 0. The highest BCUT2D eigenvalue weighted by molar-refractivity contribution is 5.29. The van der Waals surface area contributed by atoms with Gasteiger partial charge in [0.2, 0.25) is 0 Å². The van der Waals surface area contributed by atoms with Crippen LogP contribution in [0.1, 0.15) is 5.56 Å². The Labute approximate surface area is 77.7 Å². The standard InChI is InChI=1S/C9H14N2O2/c1-12-4-5-13-9-7-11-3-2-8(9)6-10/h2-3,7H,4-6,10H2,1H3. The van der Waals surface area contributed by atoms with Crippen molar-refractivity contribution in [1.29, 1.82) is 0 Å². The first kappa shape index (κ1) is 9.95. The number of nitrogens with two attached hydrogens (primary N) is 1. The van der Waals surface area contributed by atoms with Crippen molar-refractivity contribution in [3.8, 4) is 5.75 Å². The van der Waals surface area contributed by atoms with Crippen molar-refractivity contribution >= 4 is 0 Å². The van der Waals surface area contributed by atoms with Gasteiger partial charge in [0.05, 0.1) is 12.8 Å². The Kier molecular flexibility index (Phi) is 4.21. The zero-order valence-corrected chi connectivity index (χ0v) is 7.69. The van der Waals surface area contributed by atoms with E-state index < -0.39 is 0 Å². The van der Waals surface area contributed by atoms with Crippen LogP contribution in [0.4, 0.5) is 0 Å². The predicted octanol–water partition coefficient (Wildman–Crippen LogP) is 0.566. The highest BCUT2D eigenvalue weighted by Crippen LogP contribution is 2.14. The van der Waals surface area contributed by atoms with Crippen molar-refractivity contribution in [2.45, 2.75) is 6.54 Å². The van der Waals surface area contributed by atoms with Crippen LogP contribution in [0.5, 0.6) is 5.75 Å². The highest BCUT2D eigenvalue weighted by Gasteiger charge is 2.00. The average Bonchev–Trinajstić information content (AvgIpc) is 2.19. The summed E-state index contributed by atoms with van der Waals surface area (Å²) in [5.41, 5.74) is 6.48. The maximum absolute atomic E-state index is 5.52. The SMILES string of the molecule is COCCOc1cnccc1CN. The van der Waals surface area contributed by atoms with E-state index in [1.165, 1.54) is 0 Å². The van der Waals surface area contributed by atoms with Gasteiger partial charge in [0, 0.05) is 25.4 Å². The molecule has 72 valence electrons. The van der Waals surface area contributed by atoms with Crippen molar-refractivity contribution in [3.05, 3.63) is 24.0 Å². The summed E-state index contributed by atoms with van der Waals surface area (Å²) in [4.78, 5) is 3.95. The summed E-state index contributed by atoms with van der Waals surface area (Å²) in [6.45, 7) is 1.55. The number of ether oxygens (including phenoxy) is 2. The van der Waals surface area contributed by atoms with Crippen LogP contribution in [0.2, 0.25) is 0 Å². The second-order valence-corrected chi connectivity index (χ2v) is 2.53. The Morgan fingerprint density at radius 3 is 3.00 bits per heavy atom. The lowest BCUT2D eigenvalue weighted by Gasteiger charge is -2.08. The number of nitrogens with zero attached hydrogens (tertiary/aromatic N) is 1. The molecule has 0 saturated heterocycles. The van der Waals surface area contributed by atoms with Crippen LogP contribution in [0, 0.1) is 0 Å². The van der Waals surface area contributed by atoms with Crippen LogP contribution in [0.3, 0.4) is 0 Å². The molecule has 0 aromatic carbocycles. The van der Waals surface area contributed by atoms with Crippen LogP contribution in [-0.2, 0) is 11.3 Å². The molecular formula is C9H14N2O2. The van der Waals surface area contributed by atoms with Crippen molar-refractivity contribution in [1.82, 2.24) is 4.98 Å². The van der Waals surface area contributed by atoms with Gasteiger partial charge in [0.25, 0.3) is 0 Å². The van der Waals surface area contributed by atoms with E-state index in [2.05, 4.69) is 4.98 Å². The van der Waals surface area contributed by atoms with Gasteiger partial charge in [-0.2, -0.15) is 0 Å². The van der Waals surface area contributed by atoms with E-state index >= 15 is 0 Å². The lowest BCUT2D eigenvalue weighted by atomic mass is 10.2. The number of pyridine rings is 1. The minimum Gasteiger partial charge on any atom is -0.489 e. The molecule has 0 saturated carbocycles. The number of methoxy groups -OCH3 is 1. The van der Waals surface area contributed by atoms with Gasteiger partial charge >= 0.3 is 0 Å². The van der Waals surface area contributed by atoms with Crippen molar-refractivity contribution < 1.29 is 9.47 Å². The first-order chi connectivity index (χ1) is 6.38. The van der Waals surface area contributed by atoms with E-state index in [1.54, 1.807) is 19.5 Å². The second kappa shape index (κ2) is 5.50. The summed E-state index contributed by atoms with van der Waals surface area (Å²) in [5, 5.41) is 0. The first-order valence-electron chi connectivity index (χ1n) is 4.13. The van der Waals surface area contributed by atoms with Gasteiger partial charge in [0.15, 0.2) is 0 Å². The van der Waals surface area contributed by atoms with Gasteiger partial charge in [-0.25, -0.2) is 0 Å². The zero-order chi connectivity index (χ0) is 9.52. The molecule has 4 heteroatoms. The zero-order valence-electron chi connectivity index (χ0n) is 7.69. The molecule has 0 bridgehead atoms. The van der Waals surface area contributed by atoms with Gasteiger partial charge in [-0.15, -0.1) is 0 Å². The fourth-order valence-electron chi connectivity index (χ4n) is 0.942. The summed E-state index contributed by atoms with van der Waals surface area (Å²) in [6.07, 6.45) is 3.36. The van der Waals surface area contributed by atoms with Crippen molar-refractivity contribution in [3.63, 3.8) is 0 Å². The number of rotatable bonds is 5. The molecule has 0 atom stereocenters. The first-order valence-corrected chi connectivity index (χ1v) is 4.13. The van der Waals surface area contributed by atoms with Gasteiger partial charge < -0.3 is 15.2 Å². The van der Waals surface area contributed by atoms with Crippen LogP contribution >= 0.6 is 0 Å². The Hall–Kier alpha value is -1.13. The normalized spacial score (nSPS) is 10.0. The smallest absolute Gasteiger partial charge is 0.142 e. The molecule has 0 spiro atoms. The van der Waals surface area contributed by atoms with Crippen LogP contribution in [0.25, 0.3) is 0 Å². The monoisotopic (exact) mass is 182 g/mol. The molecule has 0 fully saturated rings. The van der Waals surface area contributed by atoms with E-state index in [9.17, 15) is 0 Å². The van der Waals surface area contributed by atoms with E-state index in [-0.39, 0.29) is 0 Å². The van der Waals surface area contributed by atoms with Gasteiger partial charge in [0.1, 0.15) is 12.4 Å². The molecule has 1 aromatic heterocycles. The van der Waals surface area contributed by atoms with Gasteiger partial charge in [-0.1, -0.05) is 0 Å². The summed E-state index contributed by atoms with van der Waals surface area (Å²) < 4.78 is 10.3. The van der Waals surface area contributed by atoms with E-state index in [4.69, 9.17) is 15.2 Å². The molecule has 0 aliphatic rings. The number of hydrogen-bond donors (Lipinski definition) is 1. The quantitative estimate of drug-likeness (QED) is 0.676. The van der Waals surface area contributed by atoms with E-state index in [1.807, 2.05) is 6.07 Å². The third-order valence-electron chi connectivity index (χ3n) is 1.64. The van der Waals surface area contributed by atoms with Crippen LogP contribution in [-0.4, -0.2) is 25.3 Å². The maximum Gasteiger partial charge on any atom is 0.142 e. The molecule has 13 heavy (non-hydrogen) atoms. The fraction of sp³-hybridized carbons (Fsp3) is 0.444. The molecule has 0 amide bonds. The number of hydrogen-bond acceptors (Lipinski definition) is 4. The summed E-state index contributed by atoms with van der Waals surface area (Å²) in [6, 6.07) is 1.85. The van der Waals surface area contributed by atoms with E-state index in [0.29, 0.717) is 19.8 Å². The second-order valence-electron chi connectivity index (χ2n) is 2.53. The molecule has 0 aliphatic heterocycles. The van der Waals surface area contributed by atoms with Crippen molar-refractivity contribution in [2.75, 3.05) is 20.3 Å². The minimum absolute atomic E-state index is 0.463. The molecule has 1 aromatic rings. The van der Waals surface area contributed by atoms with Crippen LogP contribution < -0.4 is 10.5 Å². The molecule has 0 aliphatic carbocycles.